The van der Waals surface area contributed by atoms with Gasteiger partial charge in [0.25, 0.3) is 0 Å². The number of nitrogens with one attached hydrogen (secondary N) is 1. The van der Waals surface area contributed by atoms with Crippen LogP contribution in [-0.2, 0) is 12.7 Å². The van der Waals surface area contributed by atoms with Gasteiger partial charge in [0.05, 0.1) is 29.1 Å². The van der Waals surface area contributed by atoms with Crippen molar-refractivity contribution in [3.63, 3.8) is 0 Å². The van der Waals surface area contributed by atoms with Gasteiger partial charge in [0.1, 0.15) is 17.5 Å². The molecule has 0 aliphatic carbocycles. The molecule has 28 heavy (non-hydrogen) atoms. The van der Waals surface area contributed by atoms with Gasteiger partial charge in [-0.2, -0.15) is 13.2 Å². The van der Waals surface area contributed by atoms with Crippen LogP contribution in [0.5, 0.6) is 0 Å². The van der Waals surface area contributed by atoms with Crippen LogP contribution in [0.1, 0.15) is 11.3 Å². The number of imidazole rings is 1. The van der Waals surface area contributed by atoms with Crippen LogP contribution in [0.25, 0.3) is 28.1 Å². The van der Waals surface area contributed by atoms with Gasteiger partial charge in [-0.15, -0.1) is 0 Å². The van der Waals surface area contributed by atoms with Crippen molar-refractivity contribution < 1.29 is 13.2 Å². The summed E-state index contributed by atoms with van der Waals surface area (Å²) in [5.74, 6) is 0. The first-order valence-electron chi connectivity index (χ1n) is 8.04. The van der Waals surface area contributed by atoms with Crippen molar-refractivity contribution in [3.05, 3.63) is 59.4 Å². The zero-order chi connectivity index (χ0) is 19.9. The fourth-order valence-corrected chi connectivity index (χ4v) is 3.16. The van der Waals surface area contributed by atoms with Gasteiger partial charge < -0.3 is 9.55 Å². The maximum atomic E-state index is 13.2. The summed E-state index contributed by atoms with van der Waals surface area (Å²) in [4.78, 5) is 19.3. The van der Waals surface area contributed by atoms with E-state index in [1.165, 1.54) is 18.7 Å². The van der Waals surface area contributed by atoms with Crippen molar-refractivity contribution in [2.45, 2.75) is 12.7 Å². The summed E-state index contributed by atoms with van der Waals surface area (Å²) >= 11 is 6.21. The van der Waals surface area contributed by atoms with Crippen molar-refractivity contribution in [2.75, 3.05) is 0 Å². The van der Waals surface area contributed by atoms with Crippen LogP contribution in [0.2, 0.25) is 5.02 Å². The lowest BCUT2D eigenvalue weighted by molar-refractivity contribution is -0.137. The van der Waals surface area contributed by atoms with E-state index in [1.807, 2.05) is 0 Å². The van der Waals surface area contributed by atoms with E-state index in [4.69, 9.17) is 11.6 Å². The summed E-state index contributed by atoms with van der Waals surface area (Å²) in [6.07, 6.45) is 0.0413. The molecule has 4 aromatic rings. The smallest absolute Gasteiger partial charge is 0.341 e. The molecule has 1 aromatic carbocycles. The third-order valence-corrected chi connectivity index (χ3v) is 4.52. The molecule has 142 valence electrons. The van der Waals surface area contributed by atoms with Crippen LogP contribution >= 0.6 is 11.6 Å². The summed E-state index contributed by atoms with van der Waals surface area (Å²) in [6.45, 7) is 3.66. The largest absolute Gasteiger partial charge is 0.416 e. The average molecular weight is 405 g/mol. The molecule has 3 heterocycles. The van der Waals surface area contributed by atoms with Gasteiger partial charge in [0, 0.05) is 17.5 Å². The van der Waals surface area contributed by atoms with Gasteiger partial charge in [0.15, 0.2) is 5.65 Å². The number of benzene rings is 1. The van der Waals surface area contributed by atoms with Gasteiger partial charge in [-0.3, -0.25) is 4.99 Å². The molecule has 3 aromatic heterocycles. The Labute approximate surface area is 161 Å². The third kappa shape index (κ3) is 3.13. The minimum absolute atomic E-state index is 0.176. The molecule has 6 nitrogen and oxygen atoms in total. The van der Waals surface area contributed by atoms with Gasteiger partial charge in [-0.1, -0.05) is 11.6 Å². The monoisotopic (exact) mass is 404 g/mol. The lowest BCUT2D eigenvalue weighted by Crippen LogP contribution is -2.07. The summed E-state index contributed by atoms with van der Waals surface area (Å²) in [5, 5.41) is 0.176. The molecule has 0 bridgehead atoms. The van der Waals surface area contributed by atoms with E-state index in [0.29, 0.717) is 28.1 Å². The maximum absolute atomic E-state index is 13.2. The summed E-state index contributed by atoms with van der Waals surface area (Å²) < 4.78 is 41.1. The topological polar surface area (TPSA) is 71.8 Å². The van der Waals surface area contributed by atoms with E-state index in [-0.39, 0.29) is 17.3 Å². The molecule has 4 rings (SSSR count). The predicted octanol–water partition coefficient (Wildman–Crippen LogP) is 4.68. The molecule has 0 aliphatic rings. The summed E-state index contributed by atoms with van der Waals surface area (Å²) in [6, 6.07) is 4.95. The zero-order valence-electron chi connectivity index (χ0n) is 14.2. The van der Waals surface area contributed by atoms with E-state index in [1.54, 1.807) is 16.8 Å². The second kappa shape index (κ2) is 6.75. The fraction of sp³-hybridized carbons (Fsp3) is 0.111. The number of hydrogen-bond donors (Lipinski definition) is 1. The highest BCUT2D eigenvalue weighted by Gasteiger charge is 2.31. The number of halogens is 4. The first-order valence-corrected chi connectivity index (χ1v) is 8.41. The Kier molecular flexibility index (Phi) is 4.38. The number of rotatable bonds is 4. The van der Waals surface area contributed by atoms with Gasteiger partial charge in [-0.25, -0.2) is 15.0 Å². The van der Waals surface area contributed by atoms with Crippen molar-refractivity contribution in [1.82, 2.24) is 24.5 Å². The number of alkyl halides is 3. The number of aliphatic imine (C=N–C) groups is 1. The molecular formula is C18H12ClF3N6. The minimum atomic E-state index is -4.49. The van der Waals surface area contributed by atoms with Crippen LogP contribution in [0.15, 0.2) is 48.1 Å². The summed E-state index contributed by atoms with van der Waals surface area (Å²) in [5.41, 5.74) is 2.33. The summed E-state index contributed by atoms with van der Waals surface area (Å²) in [7, 11) is 0. The standard InChI is InChI=1S/C18H12ClF3N6/c1-23-6-12-4-10(15-16-17(26-8-24-15)27-9-25-16)7-28(12)14-5-11(18(20,21)22)2-3-13(14)19/h2-5,7-9H,1,6H2,(H,24,25,26,27). The van der Waals surface area contributed by atoms with Crippen molar-refractivity contribution in [1.29, 1.82) is 0 Å². The second-order valence-corrected chi connectivity index (χ2v) is 6.37. The predicted molar refractivity (Wildman–Crippen MR) is 99.7 cm³/mol. The number of H-pyrrole nitrogens is 1. The average Bonchev–Trinajstić information content (AvgIpc) is 3.28. The molecule has 0 unspecified atom stereocenters. The highest BCUT2D eigenvalue weighted by Crippen LogP contribution is 2.35. The fourth-order valence-electron chi connectivity index (χ4n) is 2.96. The molecule has 10 heteroatoms. The first kappa shape index (κ1) is 18.2. The molecule has 1 N–H and O–H groups in total. The molecule has 0 fully saturated rings. The molecule has 0 amide bonds. The lowest BCUT2D eigenvalue weighted by Gasteiger charge is -2.13. The number of aromatic amines is 1. The number of fused-ring (bicyclic) bond motifs is 1. The molecule has 0 saturated carbocycles. The Bertz CT molecular complexity index is 1180. The lowest BCUT2D eigenvalue weighted by atomic mass is 10.2. The van der Waals surface area contributed by atoms with Crippen LogP contribution < -0.4 is 0 Å². The minimum Gasteiger partial charge on any atom is -0.341 e. The Morgan fingerprint density at radius 3 is 2.75 bits per heavy atom. The molecule has 0 radical (unpaired) electrons. The first-order chi connectivity index (χ1) is 13.4. The molecule has 0 saturated heterocycles. The molecule has 0 atom stereocenters. The molecular weight excluding hydrogens is 393 g/mol. The van der Waals surface area contributed by atoms with Crippen LogP contribution in [-0.4, -0.2) is 31.2 Å². The van der Waals surface area contributed by atoms with E-state index in [0.717, 1.165) is 12.1 Å². The van der Waals surface area contributed by atoms with E-state index in [9.17, 15) is 13.2 Å². The van der Waals surface area contributed by atoms with Crippen molar-refractivity contribution >= 4 is 29.5 Å². The van der Waals surface area contributed by atoms with E-state index in [2.05, 4.69) is 31.6 Å². The van der Waals surface area contributed by atoms with Crippen molar-refractivity contribution in [3.8, 4) is 16.9 Å². The third-order valence-electron chi connectivity index (χ3n) is 4.20. The Balaban J connectivity index is 1.91. The van der Waals surface area contributed by atoms with Gasteiger partial charge >= 0.3 is 6.18 Å². The quantitative estimate of drug-likeness (QED) is 0.502. The number of aromatic nitrogens is 5. The molecule has 0 aliphatic heterocycles. The highest BCUT2D eigenvalue weighted by molar-refractivity contribution is 6.32. The maximum Gasteiger partial charge on any atom is 0.416 e. The van der Waals surface area contributed by atoms with Crippen molar-refractivity contribution in [2.24, 2.45) is 4.99 Å². The van der Waals surface area contributed by atoms with Gasteiger partial charge in [-0.05, 0) is 31.0 Å². The zero-order valence-corrected chi connectivity index (χ0v) is 15.0. The Morgan fingerprint density at radius 1 is 1.18 bits per heavy atom. The van der Waals surface area contributed by atoms with E-state index < -0.39 is 11.7 Å². The Morgan fingerprint density at radius 2 is 2.00 bits per heavy atom. The Hall–Kier alpha value is -3.20. The van der Waals surface area contributed by atoms with Gasteiger partial charge in [0.2, 0.25) is 0 Å². The van der Waals surface area contributed by atoms with Crippen LogP contribution in [0.3, 0.4) is 0 Å². The number of nitrogens with zero attached hydrogens (tertiary/aromatic N) is 5. The van der Waals surface area contributed by atoms with Crippen LogP contribution in [0.4, 0.5) is 13.2 Å². The van der Waals surface area contributed by atoms with Crippen LogP contribution in [0, 0.1) is 0 Å². The number of hydrogen-bond acceptors (Lipinski definition) is 4. The normalized spacial score (nSPS) is 11.9. The second-order valence-electron chi connectivity index (χ2n) is 5.96. The highest BCUT2D eigenvalue weighted by atomic mass is 35.5. The van der Waals surface area contributed by atoms with E-state index >= 15 is 0 Å². The molecule has 0 spiro atoms. The SMILES string of the molecule is C=NCc1cc(-c2ncnc3nc[nH]c23)cn1-c1cc(C(F)(F)F)ccc1Cl.